The number of hydrogen-bond donors (Lipinski definition) is 4. The van der Waals surface area contributed by atoms with Crippen LogP contribution >= 0.6 is 0 Å². The topological polar surface area (TPSA) is 99.0 Å². The van der Waals surface area contributed by atoms with Crippen LogP contribution in [0.1, 0.15) is 95.6 Å². The average molecular weight is 602 g/mol. The highest BCUT2D eigenvalue weighted by molar-refractivity contribution is 5.78. The van der Waals surface area contributed by atoms with Crippen LogP contribution in [0.5, 0.6) is 0 Å². The molecule has 5 aliphatic carbocycles. The highest BCUT2D eigenvalue weighted by atomic mass is 16.6. The highest BCUT2D eigenvalue weighted by Gasteiger charge is 2.65. The van der Waals surface area contributed by atoms with Gasteiger partial charge in [-0.2, -0.15) is 5.48 Å². The van der Waals surface area contributed by atoms with Gasteiger partial charge in [-0.3, -0.25) is 4.79 Å². The van der Waals surface area contributed by atoms with E-state index in [0.29, 0.717) is 30.8 Å². The lowest BCUT2D eigenvalue weighted by Gasteiger charge is -2.63. The summed E-state index contributed by atoms with van der Waals surface area (Å²) in [6, 6.07) is 17.6. The summed E-state index contributed by atoms with van der Waals surface area (Å²) in [6.07, 6.45) is 6.80. The molecule has 6 nitrogen and oxygen atoms in total. The Balaban J connectivity index is 1.01. The number of carboxylic acid groups (broad SMARTS) is 1. The average Bonchev–Trinajstić information content (AvgIpc) is 3.53. The molecular weight excluding hydrogens is 550 g/mol. The van der Waals surface area contributed by atoms with Gasteiger partial charge in [-0.15, -0.1) is 0 Å². The first-order valence-corrected chi connectivity index (χ1v) is 17.3. The van der Waals surface area contributed by atoms with E-state index in [9.17, 15) is 20.1 Å². The molecule has 4 fully saturated rings. The van der Waals surface area contributed by atoms with Gasteiger partial charge < -0.3 is 20.2 Å². The molecule has 7 rings (SSSR count). The number of fused-ring (bicyclic) bond motifs is 8. The highest BCUT2D eigenvalue weighted by Crippen LogP contribution is 2.68. The summed E-state index contributed by atoms with van der Waals surface area (Å²) in [7, 11) is 0. The minimum Gasteiger partial charge on any atom is -0.481 e. The molecule has 0 heterocycles. The Morgan fingerprint density at radius 2 is 1.64 bits per heavy atom. The monoisotopic (exact) mass is 601 g/mol. The summed E-state index contributed by atoms with van der Waals surface area (Å²) in [5.41, 5.74) is 8.60. The van der Waals surface area contributed by atoms with Gasteiger partial charge in [-0.1, -0.05) is 69.3 Å². The van der Waals surface area contributed by atoms with E-state index in [1.165, 1.54) is 22.3 Å². The molecule has 0 radical (unpaired) electrons. The van der Waals surface area contributed by atoms with Crippen molar-refractivity contribution in [3.8, 4) is 11.1 Å². The number of aliphatic hydroxyl groups excluding tert-OH is 2. The number of carbonyl (C=O) groups is 1. The van der Waals surface area contributed by atoms with Crippen molar-refractivity contribution in [2.24, 2.45) is 46.3 Å². The van der Waals surface area contributed by atoms with Crippen LogP contribution in [0, 0.1) is 46.3 Å². The first-order chi connectivity index (χ1) is 21.1. The largest absolute Gasteiger partial charge is 0.481 e. The second-order valence-electron chi connectivity index (χ2n) is 15.6. The Kier molecular flexibility index (Phi) is 7.96. The summed E-state index contributed by atoms with van der Waals surface area (Å²) in [4.78, 5) is 17.6. The van der Waals surface area contributed by atoms with Crippen LogP contribution in [0.2, 0.25) is 0 Å². The molecule has 4 N–H and O–H groups in total. The molecule has 0 saturated heterocycles. The van der Waals surface area contributed by atoms with Crippen molar-refractivity contribution < 1.29 is 25.0 Å². The molecule has 0 spiro atoms. The molecule has 0 aromatic heterocycles. The number of hydroxylamine groups is 1. The fraction of sp³-hybridized carbons (Fsp3) is 0.658. The normalized spacial score (nSPS) is 39.9. The predicted octanol–water partition coefficient (Wildman–Crippen LogP) is 6.79. The van der Waals surface area contributed by atoms with Crippen molar-refractivity contribution in [3.63, 3.8) is 0 Å². The Bertz CT molecular complexity index is 1330. The number of aliphatic hydroxyl groups is 2. The number of carboxylic acids is 1. The third-order valence-corrected chi connectivity index (χ3v) is 13.8. The molecule has 0 aliphatic heterocycles. The molecule has 2 aromatic rings. The van der Waals surface area contributed by atoms with Gasteiger partial charge in [0.25, 0.3) is 0 Å². The molecule has 0 amide bonds. The zero-order chi connectivity index (χ0) is 30.8. The van der Waals surface area contributed by atoms with E-state index in [4.69, 9.17) is 4.84 Å². The quantitative estimate of drug-likeness (QED) is 0.249. The zero-order valence-corrected chi connectivity index (χ0v) is 26.6. The molecule has 0 unspecified atom stereocenters. The lowest BCUT2D eigenvalue weighted by molar-refractivity contribution is -0.205. The van der Waals surface area contributed by atoms with Crippen molar-refractivity contribution in [1.29, 1.82) is 0 Å². The lowest BCUT2D eigenvalue weighted by atomic mass is 9.43. The molecule has 238 valence electrons. The summed E-state index contributed by atoms with van der Waals surface area (Å²) in [5, 5.41) is 32.9. The van der Waals surface area contributed by atoms with Gasteiger partial charge in [0, 0.05) is 18.4 Å². The van der Waals surface area contributed by atoms with Gasteiger partial charge in [-0.05, 0) is 120 Å². The number of nitrogens with one attached hydrogen (secondary N) is 1. The first kappa shape index (κ1) is 30.4. The SMILES string of the molecule is C[C@H](CCC(=O)O)[C@H]1CC[C@H]2[C@@H]3[C@H](O)C[C@@H]4C[C@@H](NOCC5c6ccccc6-c6ccccc65)CC[C@]4(C)[C@H]3C[C@H](O)[C@]12C. The molecule has 2 aromatic carbocycles. The maximum atomic E-state index is 11.8. The van der Waals surface area contributed by atoms with Gasteiger partial charge in [0.2, 0.25) is 0 Å². The van der Waals surface area contributed by atoms with Crippen molar-refractivity contribution in [2.75, 3.05) is 6.61 Å². The first-order valence-electron chi connectivity index (χ1n) is 17.3. The fourth-order valence-electron chi connectivity index (χ4n) is 11.5. The minimum absolute atomic E-state index is 0.0979. The maximum Gasteiger partial charge on any atom is 0.303 e. The minimum atomic E-state index is -0.743. The van der Waals surface area contributed by atoms with Crippen LogP contribution in [-0.2, 0) is 9.63 Å². The van der Waals surface area contributed by atoms with Gasteiger partial charge in [0.15, 0.2) is 0 Å². The third kappa shape index (κ3) is 4.78. The van der Waals surface area contributed by atoms with E-state index in [1.54, 1.807) is 0 Å². The molecular formula is C38H51NO5. The summed E-state index contributed by atoms with van der Waals surface area (Å²) >= 11 is 0. The number of aliphatic carboxylic acids is 1. The summed E-state index contributed by atoms with van der Waals surface area (Å²) < 4.78 is 0. The van der Waals surface area contributed by atoms with Crippen LogP contribution in [0.15, 0.2) is 48.5 Å². The number of benzene rings is 2. The second kappa shape index (κ2) is 11.5. The molecule has 4 saturated carbocycles. The van der Waals surface area contributed by atoms with E-state index < -0.39 is 12.1 Å². The molecule has 0 bridgehead atoms. The zero-order valence-electron chi connectivity index (χ0n) is 26.6. The van der Waals surface area contributed by atoms with Crippen molar-refractivity contribution in [2.45, 2.75) is 103 Å². The lowest BCUT2D eigenvalue weighted by Crippen LogP contribution is -2.62. The van der Waals surface area contributed by atoms with E-state index in [1.807, 2.05) is 0 Å². The fourth-order valence-corrected chi connectivity index (χ4v) is 11.5. The smallest absolute Gasteiger partial charge is 0.303 e. The van der Waals surface area contributed by atoms with Crippen LogP contribution in [0.25, 0.3) is 11.1 Å². The second-order valence-corrected chi connectivity index (χ2v) is 15.6. The van der Waals surface area contributed by atoms with E-state index >= 15 is 0 Å². The van der Waals surface area contributed by atoms with E-state index in [2.05, 4.69) is 74.8 Å². The van der Waals surface area contributed by atoms with Crippen molar-refractivity contribution >= 4 is 5.97 Å². The van der Waals surface area contributed by atoms with Crippen LogP contribution < -0.4 is 5.48 Å². The summed E-state index contributed by atoms with van der Waals surface area (Å²) in [6.45, 7) is 7.48. The molecule has 6 heteroatoms. The van der Waals surface area contributed by atoms with Crippen molar-refractivity contribution in [1.82, 2.24) is 5.48 Å². The number of rotatable bonds is 8. The maximum absolute atomic E-state index is 11.8. The van der Waals surface area contributed by atoms with Gasteiger partial charge in [0.1, 0.15) is 0 Å². The molecule has 11 atom stereocenters. The predicted molar refractivity (Wildman–Crippen MR) is 171 cm³/mol. The standard InChI is InChI=1S/C38H51NO5/c1-22(12-15-35(42)43)30-13-14-31-36-32(20-34(41)38(30,31)3)37(2)17-16-24(18-23(37)19-33(36)40)39-44-21-29-27-10-6-4-8-25(27)26-9-5-7-11-28(26)29/h4-11,22-24,29-34,36,39-41H,12-21H2,1-3H3,(H,42,43)/t22-,23+,24+,30-,31+,32+,33-,34+,36+,37+,38-/m1/s1. The Morgan fingerprint density at radius 1 is 0.955 bits per heavy atom. The summed E-state index contributed by atoms with van der Waals surface area (Å²) in [5.74, 6) is 1.24. The number of hydrogen-bond acceptors (Lipinski definition) is 5. The van der Waals surface area contributed by atoms with Crippen molar-refractivity contribution in [3.05, 3.63) is 59.7 Å². The third-order valence-electron chi connectivity index (χ3n) is 13.8. The van der Waals surface area contributed by atoms with Gasteiger partial charge in [0.05, 0.1) is 18.8 Å². The van der Waals surface area contributed by atoms with Crippen LogP contribution in [0.3, 0.4) is 0 Å². The molecule has 5 aliphatic rings. The Morgan fingerprint density at radius 3 is 2.32 bits per heavy atom. The van der Waals surface area contributed by atoms with E-state index in [0.717, 1.165) is 44.9 Å². The Hall–Kier alpha value is -2.25. The van der Waals surface area contributed by atoms with Gasteiger partial charge in [-0.25, -0.2) is 0 Å². The molecule has 44 heavy (non-hydrogen) atoms. The van der Waals surface area contributed by atoms with Gasteiger partial charge >= 0.3 is 5.97 Å². The van der Waals surface area contributed by atoms with E-state index in [-0.39, 0.29) is 53.1 Å². The Labute approximate surface area is 262 Å². The van der Waals surface area contributed by atoms with Crippen LogP contribution in [-0.4, -0.2) is 46.1 Å². The van der Waals surface area contributed by atoms with Crippen LogP contribution in [0.4, 0.5) is 0 Å².